The Morgan fingerprint density at radius 3 is 2.67 bits per heavy atom. The van der Waals surface area contributed by atoms with Gasteiger partial charge in [-0.3, -0.25) is 9.67 Å². The Labute approximate surface area is 86.0 Å². The third-order valence-corrected chi connectivity index (χ3v) is 2.04. The maximum Gasteiger partial charge on any atom is 0.141 e. The zero-order chi connectivity index (χ0) is 10.8. The first-order valence-electron chi connectivity index (χ1n) is 4.46. The molecule has 2 rings (SSSR count). The largest absolute Gasteiger partial charge is 0.380 e. The molecule has 4 nitrogen and oxygen atoms in total. The fourth-order valence-electron chi connectivity index (χ4n) is 1.28. The third-order valence-electron chi connectivity index (χ3n) is 2.04. The van der Waals surface area contributed by atoms with Crippen molar-refractivity contribution < 1.29 is 9.50 Å². The Balaban J connectivity index is 2.28. The monoisotopic (exact) mass is 207 g/mol. The van der Waals surface area contributed by atoms with Gasteiger partial charge in [0.05, 0.1) is 17.6 Å². The summed E-state index contributed by atoms with van der Waals surface area (Å²) in [5.74, 6) is -0.424. The van der Waals surface area contributed by atoms with E-state index in [-0.39, 0.29) is 0 Å². The third kappa shape index (κ3) is 2.02. The van der Waals surface area contributed by atoms with Gasteiger partial charge in [0.2, 0.25) is 0 Å². The molecule has 0 bridgehead atoms. The van der Waals surface area contributed by atoms with Gasteiger partial charge in [-0.15, -0.1) is 0 Å². The van der Waals surface area contributed by atoms with E-state index in [4.69, 9.17) is 0 Å². The van der Waals surface area contributed by atoms with E-state index >= 15 is 0 Å². The summed E-state index contributed by atoms with van der Waals surface area (Å²) in [7, 11) is 1.76. The SMILES string of the molecule is Cn1ccc(C(O)c2ccc(F)cn2)n1. The number of hydrogen-bond donors (Lipinski definition) is 1. The Morgan fingerprint density at radius 2 is 2.13 bits per heavy atom. The molecule has 0 fully saturated rings. The first-order chi connectivity index (χ1) is 7.16. The summed E-state index contributed by atoms with van der Waals surface area (Å²) in [5.41, 5.74) is 0.881. The molecule has 2 heterocycles. The molecule has 0 aliphatic rings. The molecule has 2 aromatic rings. The van der Waals surface area contributed by atoms with Crippen LogP contribution in [0.2, 0.25) is 0 Å². The fourth-order valence-corrected chi connectivity index (χ4v) is 1.28. The van der Waals surface area contributed by atoms with Crippen LogP contribution in [0.1, 0.15) is 17.5 Å². The van der Waals surface area contributed by atoms with Crippen molar-refractivity contribution in [3.63, 3.8) is 0 Å². The van der Waals surface area contributed by atoms with Gasteiger partial charge < -0.3 is 5.11 Å². The van der Waals surface area contributed by atoms with Crippen LogP contribution in [0.25, 0.3) is 0 Å². The fraction of sp³-hybridized carbons (Fsp3) is 0.200. The van der Waals surface area contributed by atoms with Crippen molar-refractivity contribution in [3.05, 3.63) is 47.8 Å². The Hall–Kier alpha value is -1.75. The van der Waals surface area contributed by atoms with E-state index in [9.17, 15) is 9.50 Å². The second-order valence-electron chi connectivity index (χ2n) is 3.22. The highest BCUT2D eigenvalue weighted by atomic mass is 19.1. The summed E-state index contributed by atoms with van der Waals surface area (Å²) in [4.78, 5) is 3.79. The van der Waals surface area contributed by atoms with E-state index < -0.39 is 11.9 Å². The van der Waals surface area contributed by atoms with Gasteiger partial charge in [-0.1, -0.05) is 0 Å². The van der Waals surface area contributed by atoms with Crippen molar-refractivity contribution in [1.29, 1.82) is 0 Å². The molecule has 78 valence electrons. The lowest BCUT2D eigenvalue weighted by atomic mass is 10.2. The molecule has 15 heavy (non-hydrogen) atoms. The number of aliphatic hydroxyl groups is 1. The van der Waals surface area contributed by atoms with Crippen molar-refractivity contribution in [2.24, 2.45) is 7.05 Å². The maximum atomic E-state index is 12.6. The summed E-state index contributed by atoms with van der Waals surface area (Å²) in [5, 5.41) is 13.9. The summed E-state index contributed by atoms with van der Waals surface area (Å²) in [6.07, 6.45) is 1.88. The summed E-state index contributed by atoms with van der Waals surface area (Å²) in [6, 6.07) is 4.39. The molecule has 0 radical (unpaired) electrons. The smallest absolute Gasteiger partial charge is 0.141 e. The number of aliphatic hydroxyl groups excluding tert-OH is 1. The van der Waals surface area contributed by atoms with Crippen LogP contribution in [-0.4, -0.2) is 19.9 Å². The van der Waals surface area contributed by atoms with Crippen LogP contribution in [0.4, 0.5) is 4.39 Å². The molecule has 0 amide bonds. The van der Waals surface area contributed by atoms with Gasteiger partial charge in [0.15, 0.2) is 0 Å². The quantitative estimate of drug-likeness (QED) is 0.800. The minimum atomic E-state index is -0.910. The molecule has 0 aromatic carbocycles. The Kier molecular flexibility index (Phi) is 2.47. The summed E-state index contributed by atoms with van der Waals surface area (Å²) in [6.45, 7) is 0. The van der Waals surface area contributed by atoms with Gasteiger partial charge in [-0.25, -0.2) is 4.39 Å². The van der Waals surface area contributed by atoms with Crippen molar-refractivity contribution in [3.8, 4) is 0 Å². The number of halogens is 1. The second kappa shape index (κ2) is 3.78. The molecule has 2 aromatic heterocycles. The standard InChI is InChI=1S/C10H10FN3O/c1-14-5-4-9(13-14)10(15)8-3-2-7(11)6-12-8/h2-6,10,15H,1H3. The minimum Gasteiger partial charge on any atom is -0.380 e. The van der Waals surface area contributed by atoms with Crippen LogP contribution in [0.5, 0.6) is 0 Å². The van der Waals surface area contributed by atoms with E-state index in [0.29, 0.717) is 11.4 Å². The number of aryl methyl sites for hydroxylation is 1. The van der Waals surface area contributed by atoms with Crippen LogP contribution < -0.4 is 0 Å². The number of hydrogen-bond acceptors (Lipinski definition) is 3. The van der Waals surface area contributed by atoms with E-state index in [2.05, 4.69) is 10.1 Å². The molecule has 1 atom stereocenters. The molecule has 0 saturated carbocycles. The number of rotatable bonds is 2. The second-order valence-corrected chi connectivity index (χ2v) is 3.22. The van der Waals surface area contributed by atoms with Crippen molar-refractivity contribution in [1.82, 2.24) is 14.8 Å². The molecular weight excluding hydrogens is 197 g/mol. The highest BCUT2D eigenvalue weighted by Crippen LogP contribution is 2.17. The Morgan fingerprint density at radius 1 is 1.33 bits per heavy atom. The number of aromatic nitrogens is 3. The van der Waals surface area contributed by atoms with Crippen molar-refractivity contribution in [2.75, 3.05) is 0 Å². The average molecular weight is 207 g/mol. The molecule has 1 unspecified atom stereocenters. The molecule has 5 heteroatoms. The summed E-state index contributed by atoms with van der Waals surface area (Å²) < 4.78 is 14.2. The molecule has 0 saturated heterocycles. The predicted octanol–water partition coefficient (Wildman–Crippen LogP) is 1.04. The van der Waals surface area contributed by atoms with Gasteiger partial charge in [0.1, 0.15) is 11.9 Å². The lowest BCUT2D eigenvalue weighted by molar-refractivity contribution is 0.209. The zero-order valence-corrected chi connectivity index (χ0v) is 8.13. The van der Waals surface area contributed by atoms with Crippen molar-refractivity contribution >= 4 is 0 Å². The highest BCUT2D eigenvalue weighted by molar-refractivity contribution is 5.18. The van der Waals surface area contributed by atoms with Crippen LogP contribution >= 0.6 is 0 Å². The molecular formula is C10H10FN3O. The highest BCUT2D eigenvalue weighted by Gasteiger charge is 2.14. The normalized spacial score (nSPS) is 12.7. The molecule has 0 aliphatic carbocycles. The van der Waals surface area contributed by atoms with Gasteiger partial charge in [0.25, 0.3) is 0 Å². The van der Waals surface area contributed by atoms with Crippen molar-refractivity contribution in [2.45, 2.75) is 6.10 Å². The first-order valence-corrected chi connectivity index (χ1v) is 4.46. The number of pyridine rings is 1. The minimum absolute atomic E-state index is 0.384. The van der Waals surface area contributed by atoms with Crippen LogP contribution in [-0.2, 0) is 7.05 Å². The molecule has 0 spiro atoms. The molecule has 0 aliphatic heterocycles. The van der Waals surface area contributed by atoms with Crippen LogP contribution in [0.3, 0.4) is 0 Å². The lowest BCUT2D eigenvalue weighted by Gasteiger charge is -2.06. The van der Waals surface area contributed by atoms with E-state index in [1.165, 1.54) is 12.1 Å². The summed E-state index contributed by atoms with van der Waals surface area (Å²) >= 11 is 0. The Bertz CT molecular complexity index is 452. The van der Waals surface area contributed by atoms with E-state index in [0.717, 1.165) is 6.20 Å². The lowest BCUT2D eigenvalue weighted by Crippen LogP contribution is -2.04. The van der Waals surface area contributed by atoms with E-state index in [1.807, 2.05) is 0 Å². The first kappa shape index (κ1) is 9.79. The van der Waals surface area contributed by atoms with Crippen LogP contribution in [0.15, 0.2) is 30.6 Å². The van der Waals surface area contributed by atoms with Gasteiger partial charge in [-0.2, -0.15) is 5.10 Å². The molecule has 1 N–H and O–H groups in total. The van der Waals surface area contributed by atoms with Crippen LogP contribution in [0, 0.1) is 5.82 Å². The number of nitrogens with zero attached hydrogens (tertiary/aromatic N) is 3. The van der Waals surface area contributed by atoms with Gasteiger partial charge >= 0.3 is 0 Å². The van der Waals surface area contributed by atoms with E-state index in [1.54, 1.807) is 24.0 Å². The average Bonchev–Trinajstić information content (AvgIpc) is 2.65. The zero-order valence-electron chi connectivity index (χ0n) is 8.13. The van der Waals surface area contributed by atoms with Gasteiger partial charge in [-0.05, 0) is 18.2 Å². The predicted molar refractivity (Wildman–Crippen MR) is 51.5 cm³/mol. The van der Waals surface area contributed by atoms with Gasteiger partial charge in [0, 0.05) is 13.2 Å². The topological polar surface area (TPSA) is 50.9 Å². The maximum absolute atomic E-state index is 12.6.